The molecule has 3 rings (SSSR count). The fourth-order valence-electron chi connectivity index (χ4n) is 3.13. The van der Waals surface area contributed by atoms with Crippen molar-refractivity contribution in [3.63, 3.8) is 0 Å². The molecular formula is C17H25ClN4O2S2. The number of fused-ring (bicyclic) bond motifs is 1. The van der Waals surface area contributed by atoms with E-state index in [1.165, 1.54) is 11.8 Å². The van der Waals surface area contributed by atoms with E-state index in [0.717, 1.165) is 34.8 Å². The van der Waals surface area contributed by atoms with Crippen LogP contribution in [-0.2, 0) is 10.5 Å². The molecule has 3 N–H and O–H groups in total. The maximum absolute atomic E-state index is 12.5. The Kier molecular flexibility index (Phi) is 7.12. The highest BCUT2D eigenvalue weighted by molar-refractivity contribution is 7.99. The standard InChI is InChI=1S/C17H24N4O2S2.ClH/c1-9-10(2)25-16-14(9)15(22)19-13(20-16)8-24-11(3)17(23)21-5-4-12(6-18)7-21;/h11-12H,4-8,18H2,1-3H3,(H,19,20,22);1H. The number of rotatable bonds is 5. The van der Waals surface area contributed by atoms with Crippen LogP contribution in [0.3, 0.4) is 0 Å². The van der Waals surface area contributed by atoms with E-state index in [1.54, 1.807) is 11.3 Å². The van der Waals surface area contributed by atoms with Crippen molar-refractivity contribution in [2.24, 2.45) is 11.7 Å². The predicted octanol–water partition coefficient (Wildman–Crippen LogP) is 2.45. The number of carbonyl (C=O) groups excluding carboxylic acids is 1. The number of hydrogen-bond acceptors (Lipinski definition) is 6. The molecule has 2 atom stereocenters. The number of thioether (sulfide) groups is 1. The number of thiophene rings is 1. The van der Waals surface area contributed by atoms with Gasteiger partial charge in [0.25, 0.3) is 5.56 Å². The first-order chi connectivity index (χ1) is 11.9. The second-order valence-electron chi connectivity index (χ2n) is 6.60. The molecule has 6 nitrogen and oxygen atoms in total. The summed E-state index contributed by atoms with van der Waals surface area (Å²) in [6.07, 6.45) is 0.988. The Balaban J connectivity index is 0.00000243. The number of H-pyrrole nitrogens is 1. The minimum atomic E-state index is -0.163. The summed E-state index contributed by atoms with van der Waals surface area (Å²) in [6.45, 7) is 8.05. The van der Waals surface area contributed by atoms with Gasteiger partial charge in [0, 0.05) is 18.0 Å². The minimum Gasteiger partial charge on any atom is -0.341 e. The lowest BCUT2D eigenvalue weighted by Crippen LogP contribution is -2.35. The molecule has 3 heterocycles. The Labute approximate surface area is 167 Å². The van der Waals surface area contributed by atoms with Gasteiger partial charge in [-0.25, -0.2) is 4.98 Å². The third-order valence-electron chi connectivity index (χ3n) is 4.84. The minimum absolute atomic E-state index is 0. The second kappa shape index (κ2) is 8.73. The van der Waals surface area contributed by atoms with E-state index >= 15 is 0 Å². The van der Waals surface area contributed by atoms with Gasteiger partial charge in [0.15, 0.2) is 0 Å². The van der Waals surface area contributed by atoms with Crippen molar-refractivity contribution >= 4 is 51.6 Å². The van der Waals surface area contributed by atoms with Gasteiger partial charge in [0.2, 0.25) is 5.91 Å². The fraction of sp³-hybridized carbons (Fsp3) is 0.588. The number of halogens is 1. The summed E-state index contributed by atoms with van der Waals surface area (Å²) in [4.78, 5) is 36.1. The van der Waals surface area contributed by atoms with Gasteiger partial charge in [0.05, 0.1) is 16.4 Å². The average molecular weight is 417 g/mol. The fourth-order valence-corrected chi connectivity index (χ4v) is 5.01. The SMILES string of the molecule is Cc1sc2nc(CSC(C)C(=O)N3CCC(CN)C3)[nH]c(=O)c2c1C.Cl. The second-order valence-corrected chi connectivity index (χ2v) is 9.14. The zero-order valence-electron chi connectivity index (χ0n) is 15.2. The molecule has 2 unspecified atom stereocenters. The summed E-state index contributed by atoms with van der Waals surface area (Å²) < 4.78 is 0. The van der Waals surface area contributed by atoms with Crippen LogP contribution in [0.2, 0.25) is 0 Å². The van der Waals surface area contributed by atoms with Gasteiger partial charge in [-0.2, -0.15) is 0 Å². The molecule has 1 amide bonds. The highest BCUT2D eigenvalue weighted by Gasteiger charge is 2.28. The molecule has 1 aliphatic rings. The number of aromatic amines is 1. The Hall–Kier alpha value is -1.09. The lowest BCUT2D eigenvalue weighted by Gasteiger charge is -2.20. The van der Waals surface area contributed by atoms with E-state index in [9.17, 15) is 9.59 Å². The van der Waals surface area contributed by atoms with E-state index < -0.39 is 0 Å². The molecule has 0 spiro atoms. The van der Waals surface area contributed by atoms with Crippen LogP contribution in [0.4, 0.5) is 0 Å². The summed E-state index contributed by atoms with van der Waals surface area (Å²) in [5.41, 5.74) is 6.60. The molecular weight excluding hydrogens is 392 g/mol. The van der Waals surface area contributed by atoms with E-state index in [0.29, 0.717) is 29.4 Å². The quantitative estimate of drug-likeness (QED) is 0.780. The number of nitrogens with zero attached hydrogens (tertiary/aromatic N) is 2. The number of aromatic nitrogens is 2. The Morgan fingerprint density at radius 2 is 2.23 bits per heavy atom. The average Bonchev–Trinajstić information content (AvgIpc) is 3.17. The molecule has 1 fully saturated rings. The first-order valence-electron chi connectivity index (χ1n) is 8.50. The van der Waals surface area contributed by atoms with Gasteiger partial charge in [-0.05, 0) is 45.2 Å². The number of likely N-dealkylation sites (tertiary alicyclic amines) is 1. The van der Waals surface area contributed by atoms with Gasteiger partial charge in [-0.15, -0.1) is 35.5 Å². The topological polar surface area (TPSA) is 92.1 Å². The molecule has 0 aromatic carbocycles. The smallest absolute Gasteiger partial charge is 0.259 e. The van der Waals surface area contributed by atoms with Crippen molar-refractivity contribution in [1.29, 1.82) is 0 Å². The molecule has 144 valence electrons. The Bertz CT molecular complexity index is 851. The number of aryl methyl sites for hydroxylation is 2. The third-order valence-corrected chi connectivity index (χ3v) is 7.08. The molecule has 0 aliphatic carbocycles. The van der Waals surface area contributed by atoms with Crippen molar-refractivity contribution in [2.75, 3.05) is 19.6 Å². The number of nitrogens with one attached hydrogen (secondary N) is 1. The number of hydrogen-bond donors (Lipinski definition) is 2. The monoisotopic (exact) mass is 416 g/mol. The maximum atomic E-state index is 12.5. The lowest BCUT2D eigenvalue weighted by atomic mass is 10.1. The van der Waals surface area contributed by atoms with Crippen molar-refractivity contribution in [1.82, 2.24) is 14.9 Å². The molecule has 9 heteroatoms. The van der Waals surface area contributed by atoms with Crippen LogP contribution < -0.4 is 11.3 Å². The molecule has 2 aromatic rings. The molecule has 0 bridgehead atoms. The van der Waals surface area contributed by atoms with Crippen molar-refractivity contribution < 1.29 is 4.79 Å². The van der Waals surface area contributed by atoms with Crippen LogP contribution in [0.1, 0.15) is 29.6 Å². The lowest BCUT2D eigenvalue weighted by molar-refractivity contribution is -0.129. The molecule has 26 heavy (non-hydrogen) atoms. The van der Waals surface area contributed by atoms with Gasteiger partial charge in [-0.3, -0.25) is 9.59 Å². The summed E-state index contributed by atoms with van der Waals surface area (Å²) >= 11 is 3.05. The first kappa shape index (κ1) is 21.2. The summed E-state index contributed by atoms with van der Waals surface area (Å²) in [6, 6.07) is 0. The van der Waals surface area contributed by atoms with E-state index in [4.69, 9.17) is 5.73 Å². The van der Waals surface area contributed by atoms with E-state index in [-0.39, 0.29) is 29.1 Å². The number of amides is 1. The van der Waals surface area contributed by atoms with Gasteiger partial charge in [0.1, 0.15) is 10.7 Å². The predicted molar refractivity (Wildman–Crippen MR) is 111 cm³/mol. The summed E-state index contributed by atoms with van der Waals surface area (Å²) in [5, 5.41) is 0.523. The van der Waals surface area contributed by atoms with Crippen LogP contribution in [0.25, 0.3) is 10.2 Å². The zero-order valence-corrected chi connectivity index (χ0v) is 17.7. The van der Waals surface area contributed by atoms with Crippen molar-refractivity contribution in [3.8, 4) is 0 Å². The Morgan fingerprint density at radius 1 is 1.50 bits per heavy atom. The van der Waals surface area contributed by atoms with Crippen LogP contribution >= 0.6 is 35.5 Å². The van der Waals surface area contributed by atoms with Crippen LogP contribution in [0, 0.1) is 19.8 Å². The highest BCUT2D eigenvalue weighted by atomic mass is 35.5. The first-order valence-corrected chi connectivity index (χ1v) is 10.4. The molecule has 0 radical (unpaired) electrons. The third kappa shape index (κ3) is 4.24. The molecule has 2 aromatic heterocycles. The van der Waals surface area contributed by atoms with Gasteiger partial charge < -0.3 is 15.6 Å². The number of nitrogens with two attached hydrogens (primary N) is 1. The number of carbonyl (C=O) groups is 1. The normalized spacial score (nSPS) is 18.2. The van der Waals surface area contributed by atoms with E-state index in [1.807, 2.05) is 25.7 Å². The van der Waals surface area contributed by atoms with Gasteiger partial charge >= 0.3 is 0 Å². The van der Waals surface area contributed by atoms with Crippen LogP contribution in [0.5, 0.6) is 0 Å². The zero-order chi connectivity index (χ0) is 18.1. The van der Waals surface area contributed by atoms with Crippen LogP contribution in [-0.4, -0.2) is 45.7 Å². The van der Waals surface area contributed by atoms with E-state index in [2.05, 4.69) is 9.97 Å². The summed E-state index contributed by atoms with van der Waals surface area (Å²) in [5.74, 6) is 1.71. The molecule has 0 saturated carbocycles. The molecule has 1 aliphatic heterocycles. The van der Waals surface area contributed by atoms with Crippen LogP contribution in [0.15, 0.2) is 4.79 Å². The van der Waals surface area contributed by atoms with Gasteiger partial charge in [-0.1, -0.05) is 0 Å². The summed E-state index contributed by atoms with van der Waals surface area (Å²) in [7, 11) is 0. The largest absolute Gasteiger partial charge is 0.341 e. The molecule has 1 saturated heterocycles. The van der Waals surface area contributed by atoms with Crippen molar-refractivity contribution in [3.05, 3.63) is 26.6 Å². The Morgan fingerprint density at radius 3 is 2.88 bits per heavy atom. The highest BCUT2D eigenvalue weighted by Crippen LogP contribution is 2.27. The maximum Gasteiger partial charge on any atom is 0.259 e. The van der Waals surface area contributed by atoms with Crippen molar-refractivity contribution in [2.45, 2.75) is 38.2 Å².